The van der Waals surface area contributed by atoms with Crippen LogP contribution in [0.25, 0.3) is 0 Å². The molecule has 0 saturated carbocycles. The molecule has 2 aromatic carbocycles. The lowest BCUT2D eigenvalue weighted by atomic mass is 10.2. The zero-order valence-electron chi connectivity index (χ0n) is 12.1. The Kier molecular flexibility index (Phi) is 5.96. The summed E-state index contributed by atoms with van der Waals surface area (Å²) < 4.78 is 18.8. The molecule has 1 amide bonds. The quantitative estimate of drug-likeness (QED) is 0.650. The molecule has 0 heterocycles. The first-order chi connectivity index (χ1) is 11.0. The number of carbonyl (C=O) groups excluding carboxylic acids is 1. The highest BCUT2D eigenvalue weighted by atomic mass is 35.5. The molecular formula is C16H13Cl2FN2O2. The lowest BCUT2D eigenvalue weighted by molar-refractivity contribution is -0.127. The summed E-state index contributed by atoms with van der Waals surface area (Å²) in [6, 6.07) is 10.8. The summed E-state index contributed by atoms with van der Waals surface area (Å²) in [6.07, 6.45) is 0.376. The Morgan fingerprint density at radius 2 is 2.04 bits per heavy atom. The van der Waals surface area contributed by atoms with Crippen LogP contribution in [-0.4, -0.2) is 18.2 Å². The Bertz CT molecular complexity index is 738. The van der Waals surface area contributed by atoms with E-state index in [1.165, 1.54) is 18.3 Å². The third kappa shape index (κ3) is 4.94. The van der Waals surface area contributed by atoms with Gasteiger partial charge in [-0.25, -0.2) is 9.82 Å². The summed E-state index contributed by atoms with van der Waals surface area (Å²) in [6.45, 7) is 1.54. The van der Waals surface area contributed by atoms with Crippen LogP contribution in [0, 0.1) is 5.82 Å². The van der Waals surface area contributed by atoms with E-state index in [-0.39, 0.29) is 5.56 Å². The van der Waals surface area contributed by atoms with Gasteiger partial charge >= 0.3 is 0 Å². The van der Waals surface area contributed by atoms with Gasteiger partial charge in [0, 0.05) is 10.6 Å². The van der Waals surface area contributed by atoms with Crippen molar-refractivity contribution in [1.29, 1.82) is 0 Å². The Labute approximate surface area is 142 Å². The number of benzene rings is 2. The van der Waals surface area contributed by atoms with E-state index >= 15 is 0 Å². The summed E-state index contributed by atoms with van der Waals surface area (Å²) in [5.74, 6) is -0.594. The molecular weight excluding hydrogens is 342 g/mol. The highest BCUT2D eigenvalue weighted by Crippen LogP contribution is 2.28. The number of rotatable bonds is 5. The second-order valence-electron chi connectivity index (χ2n) is 4.59. The van der Waals surface area contributed by atoms with Crippen LogP contribution in [0.4, 0.5) is 4.39 Å². The van der Waals surface area contributed by atoms with E-state index in [9.17, 15) is 9.18 Å². The molecule has 0 bridgehead atoms. The number of hydrogen-bond acceptors (Lipinski definition) is 3. The largest absolute Gasteiger partial charge is 0.479 e. The van der Waals surface area contributed by atoms with Crippen LogP contribution < -0.4 is 10.2 Å². The van der Waals surface area contributed by atoms with E-state index in [1.54, 1.807) is 37.3 Å². The van der Waals surface area contributed by atoms with Gasteiger partial charge in [-0.2, -0.15) is 5.10 Å². The Balaban J connectivity index is 1.94. The monoisotopic (exact) mass is 354 g/mol. The van der Waals surface area contributed by atoms with E-state index < -0.39 is 17.8 Å². The van der Waals surface area contributed by atoms with Gasteiger partial charge in [-0.05, 0) is 31.2 Å². The molecule has 4 nitrogen and oxygen atoms in total. The van der Waals surface area contributed by atoms with Gasteiger partial charge < -0.3 is 4.74 Å². The number of carbonyl (C=O) groups is 1. The van der Waals surface area contributed by atoms with E-state index in [0.29, 0.717) is 15.8 Å². The van der Waals surface area contributed by atoms with Crippen molar-refractivity contribution >= 4 is 35.3 Å². The minimum atomic E-state index is -0.841. The zero-order chi connectivity index (χ0) is 16.8. The molecule has 2 aromatic rings. The minimum absolute atomic E-state index is 0.266. The standard InChI is InChI=1S/C16H13Cl2FN2O2/c1-10(23-15-7-6-12(17)8-13(15)18)16(22)21-20-9-11-4-2-3-5-14(11)19/h2-10H,1H3,(H,21,22)/b20-9+. The van der Waals surface area contributed by atoms with Gasteiger partial charge in [-0.3, -0.25) is 4.79 Å². The minimum Gasteiger partial charge on any atom is -0.479 e. The van der Waals surface area contributed by atoms with E-state index in [0.717, 1.165) is 0 Å². The van der Waals surface area contributed by atoms with E-state index in [2.05, 4.69) is 10.5 Å². The molecule has 7 heteroatoms. The summed E-state index contributed by atoms with van der Waals surface area (Å²) in [4.78, 5) is 11.9. The van der Waals surface area contributed by atoms with Crippen LogP contribution in [0.2, 0.25) is 10.0 Å². The van der Waals surface area contributed by atoms with Gasteiger partial charge in [0.25, 0.3) is 5.91 Å². The van der Waals surface area contributed by atoms with Crippen molar-refractivity contribution in [2.24, 2.45) is 5.10 Å². The Morgan fingerprint density at radius 1 is 1.30 bits per heavy atom. The number of nitrogens with one attached hydrogen (secondary N) is 1. The van der Waals surface area contributed by atoms with Crippen molar-refractivity contribution in [3.63, 3.8) is 0 Å². The van der Waals surface area contributed by atoms with Gasteiger partial charge in [0.05, 0.1) is 11.2 Å². The maximum absolute atomic E-state index is 13.4. The fraction of sp³-hybridized carbons (Fsp3) is 0.125. The molecule has 0 aromatic heterocycles. The second-order valence-corrected chi connectivity index (χ2v) is 5.43. The molecule has 0 aliphatic heterocycles. The lowest BCUT2D eigenvalue weighted by Crippen LogP contribution is -2.33. The molecule has 0 aliphatic carbocycles. The molecule has 1 N–H and O–H groups in total. The average molecular weight is 355 g/mol. The van der Waals surface area contributed by atoms with Gasteiger partial charge in [-0.1, -0.05) is 41.4 Å². The topological polar surface area (TPSA) is 50.7 Å². The van der Waals surface area contributed by atoms with Gasteiger partial charge in [0.2, 0.25) is 0 Å². The van der Waals surface area contributed by atoms with Crippen LogP contribution >= 0.6 is 23.2 Å². The third-order valence-corrected chi connectivity index (χ3v) is 3.38. The molecule has 120 valence electrons. The molecule has 0 fully saturated rings. The first kappa shape index (κ1) is 17.2. The number of amides is 1. The fourth-order valence-corrected chi connectivity index (χ4v) is 2.10. The van der Waals surface area contributed by atoms with Crippen LogP contribution in [-0.2, 0) is 4.79 Å². The summed E-state index contributed by atoms with van der Waals surface area (Å²) in [7, 11) is 0. The van der Waals surface area contributed by atoms with Crippen molar-refractivity contribution in [3.05, 3.63) is 63.9 Å². The average Bonchev–Trinajstić information content (AvgIpc) is 2.51. The lowest BCUT2D eigenvalue weighted by Gasteiger charge is -2.14. The van der Waals surface area contributed by atoms with Crippen molar-refractivity contribution in [2.45, 2.75) is 13.0 Å². The van der Waals surface area contributed by atoms with Crippen LogP contribution in [0.1, 0.15) is 12.5 Å². The summed E-state index contributed by atoms with van der Waals surface area (Å²) >= 11 is 11.8. The van der Waals surface area contributed by atoms with Gasteiger partial charge in [0.15, 0.2) is 6.10 Å². The summed E-state index contributed by atoms with van der Waals surface area (Å²) in [5.41, 5.74) is 2.54. The highest BCUT2D eigenvalue weighted by molar-refractivity contribution is 6.35. The van der Waals surface area contributed by atoms with Crippen molar-refractivity contribution in [2.75, 3.05) is 0 Å². The van der Waals surface area contributed by atoms with Crippen molar-refractivity contribution < 1.29 is 13.9 Å². The van der Waals surface area contributed by atoms with Crippen molar-refractivity contribution in [3.8, 4) is 5.75 Å². The normalized spacial score (nSPS) is 12.2. The molecule has 23 heavy (non-hydrogen) atoms. The first-order valence-corrected chi connectivity index (χ1v) is 7.42. The Hall–Kier alpha value is -2.11. The number of hydrazone groups is 1. The molecule has 0 spiro atoms. The molecule has 0 radical (unpaired) electrons. The Morgan fingerprint density at radius 3 is 2.74 bits per heavy atom. The molecule has 0 aliphatic rings. The highest BCUT2D eigenvalue weighted by Gasteiger charge is 2.15. The molecule has 2 rings (SSSR count). The van der Waals surface area contributed by atoms with Crippen LogP contribution in [0.5, 0.6) is 5.75 Å². The summed E-state index contributed by atoms with van der Waals surface area (Å²) in [5, 5.41) is 4.47. The number of hydrogen-bond donors (Lipinski definition) is 1. The number of halogens is 3. The maximum atomic E-state index is 13.4. The van der Waals surface area contributed by atoms with Gasteiger partial charge in [-0.15, -0.1) is 0 Å². The number of nitrogens with zero attached hydrogens (tertiary/aromatic N) is 1. The fourth-order valence-electron chi connectivity index (χ4n) is 1.65. The maximum Gasteiger partial charge on any atom is 0.280 e. The van der Waals surface area contributed by atoms with Gasteiger partial charge in [0.1, 0.15) is 11.6 Å². The van der Waals surface area contributed by atoms with Crippen LogP contribution in [0.15, 0.2) is 47.6 Å². The SMILES string of the molecule is CC(Oc1ccc(Cl)cc1Cl)C(=O)N/N=C/c1ccccc1F. The number of ether oxygens (including phenoxy) is 1. The zero-order valence-corrected chi connectivity index (χ0v) is 13.6. The molecule has 0 saturated heterocycles. The molecule has 1 atom stereocenters. The van der Waals surface area contributed by atoms with Crippen LogP contribution in [0.3, 0.4) is 0 Å². The predicted octanol–water partition coefficient (Wildman–Crippen LogP) is 4.05. The van der Waals surface area contributed by atoms with E-state index in [4.69, 9.17) is 27.9 Å². The van der Waals surface area contributed by atoms with Crippen molar-refractivity contribution in [1.82, 2.24) is 5.43 Å². The smallest absolute Gasteiger partial charge is 0.280 e. The van der Waals surface area contributed by atoms with E-state index in [1.807, 2.05) is 0 Å². The first-order valence-electron chi connectivity index (χ1n) is 6.66. The second kappa shape index (κ2) is 7.94. The third-order valence-electron chi connectivity index (χ3n) is 2.85. The predicted molar refractivity (Wildman–Crippen MR) is 88.7 cm³/mol. The molecule has 1 unspecified atom stereocenters.